The van der Waals surface area contributed by atoms with Crippen molar-refractivity contribution < 1.29 is 13.2 Å². The molecule has 106 valence electrons. The number of hydrogen-bond acceptors (Lipinski definition) is 3. The lowest BCUT2D eigenvalue weighted by atomic mass is 10.1. The lowest BCUT2D eigenvalue weighted by Crippen LogP contribution is -2.32. The van der Waals surface area contributed by atoms with Crippen LogP contribution in [0, 0.1) is 0 Å². The predicted octanol–water partition coefficient (Wildman–Crippen LogP) is 2.24. The SMILES string of the molecule is NC1CCc2nnc(-c3cccc(C(F)(F)F)c3)n2C1. The van der Waals surface area contributed by atoms with Gasteiger partial charge in [-0.25, -0.2) is 0 Å². The van der Waals surface area contributed by atoms with Gasteiger partial charge in [0, 0.05) is 24.6 Å². The zero-order valence-corrected chi connectivity index (χ0v) is 10.6. The van der Waals surface area contributed by atoms with E-state index in [1.807, 2.05) is 4.57 Å². The van der Waals surface area contributed by atoms with E-state index in [4.69, 9.17) is 5.73 Å². The Balaban J connectivity index is 2.04. The number of alkyl halides is 3. The van der Waals surface area contributed by atoms with Gasteiger partial charge in [0.1, 0.15) is 5.82 Å². The number of halogens is 3. The molecule has 2 N–H and O–H groups in total. The Hall–Kier alpha value is -1.89. The largest absolute Gasteiger partial charge is 0.416 e. The number of benzene rings is 1. The van der Waals surface area contributed by atoms with E-state index in [9.17, 15) is 13.2 Å². The molecule has 2 heterocycles. The van der Waals surface area contributed by atoms with Gasteiger partial charge in [0.2, 0.25) is 0 Å². The van der Waals surface area contributed by atoms with Crippen LogP contribution in [0.3, 0.4) is 0 Å². The Morgan fingerprint density at radius 3 is 2.80 bits per heavy atom. The van der Waals surface area contributed by atoms with Gasteiger partial charge in [-0.1, -0.05) is 12.1 Å². The maximum atomic E-state index is 12.7. The molecule has 1 aliphatic heterocycles. The summed E-state index contributed by atoms with van der Waals surface area (Å²) in [6, 6.07) is 5.11. The second-order valence-corrected chi connectivity index (χ2v) is 4.93. The van der Waals surface area contributed by atoms with Gasteiger partial charge in [-0.3, -0.25) is 0 Å². The van der Waals surface area contributed by atoms with Gasteiger partial charge in [0.25, 0.3) is 0 Å². The van der Waals surface area contributed by atoms with Crippen LogP contribution in [0.25, 0.3) is 11.4 Å². The van der Waals surface area contributed by atoms with Crippen LogP contribution in [-0.2, 0) is 19.1 Å². The summed E-state index contributed by atoms with van der Waals surface area (Å²) in [4.78, 5) is 0. The first-order valence-corrected chi connectivity index (χ1v) is 6.30. The molecule has 0 fully saturated rings. The molecule has 7 heteroatoms. The quantitative estimate of drug-likeness (QED) is 0.872. The Labute approximate surface area is 113 Å². The summed E-state index contributed by atoms with van der Waals surface area (Å²) in [6.07, 6.45) is -2.84. The molecule has 0 radical (unpaired) electrons. The van der Waals surface area contributed by atoms with Crippen LogP contribution in [0.2, 0.25) is 0 Å². The maximum absolute atomic E-state index is 12.7. The van der Waals surface area contributed by atoms with Crippen molar-refractivity contribution in [2.75, 3.05) is 0 Å². The van der Waals surface area contributed by atoms with Gasteiger partial charge < -0.3 is 10.3 Å². The van der Waals surface area contributed by atoms with Crippen molar-refractivity contribution in [1.29, 1.82) is 0 Å². The second kappa shape index (κ2) is 4.59. The van der Waals surface area contributed by atoms with E-state index in [-0.39, 0.29) is 6.04 Å². The van der Waals surface area contributed by atoms with Gasteiger partial charge in [0.15, 0.2) is 5.82 Å². The summed E-state index contributed by atoms with van der Waals surface area (Å²) in [7, 11) is 0. The number of aromatic nitrogens is 3. The average molecular weight is 282 g/mol. The molecule has 0 amide bonds. The lowest BCUT2D eigenvalue weighted by Gasteiger charge is -2.21. The standard InChI is InChI=1S/C13H13F3N4/c14-13(15,16)9-3-1-2-8(6-9)12-19-18-11-5-4-10(17)7-20(11)12/h1-3,6,10H,4-5,7,17H2. The fraction of sp³-hybridized carbons (Fsp3) is 0.385. The minimum absolute atomic E-state index is 0.0111. The normalized spacial score (nSPS) is 18.9. The molecule has 2 aromatic rings. The van der Waals surface area contributed by atoms with Gasteiger partial charge in [0.05, 0.1) is 5.56 Å². The van der Waals surface area contributed by atoms with Crippen LogP contribution in [0.15, 0.2) is 24.3 Å². The van der Waals surface area contributed by atoms with Crippen LogP contribution >= 0.6 is 0 Å². The fourth-order valence-electron chi connectivity index (χ4n) is 2.40. The van der Waals surface area contributed by atoms with Crippen LogP contribution in [-0.4, -0.2) is 20.8 Å². The highest BCUT2D eigenvalue weighted by molar-refractivity contribution is 5.57. The van der Waals surface area contributed by atoms with E-state index in [0.29, 0.717) is 24.4 Å². The summed E-state index contributed by atoms with van der Waals surface area (Å²) in [5.41, 5.74) is 5.62. The highest BCUT2D eigenvalue weighted by atomic mass is 19.4. The van der Waals surface area contributed by atoms with E-state index in [2.05, 4.69) is 10.2 Å². The predicted molar refractivity (Wildman–Crippen MR) is 66.8 cm³/mol. The smallest absolute Gasteiger partial charge is 0.326 e. The van der Waals surface area contributed by atoms with Crippen molar-refractivity contribution in [2.45, 2.75) is 31.6 Å². The molecule has 4 nitrogen and oxygen atoms in total. The molecule has 1 aliphatic rings. The highest BCUT2D eigenvalue weighted by Crippen LogP contribution is 2.32. The van der Waals surface area contributed by atoms with Crippen molar-refractivity contribution in [3.63, 3.8) is 0 Å². The molecular formula is C13H13F3N4. The number of hydrogen-bond donors (Lipinski definition) is 1. The van der Waals surface area contributed by atoms with Crippen LogP contribution < -0.4 is 5.73 Å². The minimum Gasteiger partial charge on any atom is -0.326 e. The highest BCUT2D eigenvalue weighted by Gasteiger charge is 2.31. The van der Waals surface area contributed by atoms with Crippen LogP contribution in [0.5, 0.6) is 0 Å². The zero-order chi connectivity index (χ0) is 14.3. The molecule has 0 saturated heterocycles. The van der Waals surface area contributed by atoms with Gasteiger partial charge in [-0.05, 0) is 18.6 Å². The van der Waals surface area contributed by atoms with Crippen molar-refractivity contribution in [2.24, 2.45) is 5.73 Å². The van der Waals surface area contributed by atoms with E-state index in [1.54, 1.807) is 6.07 Å². The number of rotatable bonds is 1. The van der Waals surface area contributed by atoms with E-state index in [1.165, 1.54) is 6.07 Å². The molecule has 1 unspecified atom stereocenters. The first kappa shape index (κ1) is 13.1. The van der Waals surface area contributed by atoms with E-state index in [0.717, 1.165) is 24.4 Å². The summed E-state index contributed by atoms with van der Waals surface area (Å²) in [6.45, 7) is 0.536. The molecule has 20 heavy (non-hydrogen) atoms. The van der Waals surface area contributed by atoms with Gasteiger partial charge >= 0.3 is 6.18 Å². The molecule has 1 atom stereocenters. The third kappa shape index (κ3) is 2.29. The molecular weight excluding hydrogens is 269 g/mol. The topological polar surface area (TPSA) is 56.7 Å². The summed E-state index contributed by atoms with van der Waals surface area (Å²) >= 11 is 0. The summed E-state index contributed by atoms with van der Waals surface area (Å²) in [5, 5.41) is 8.05. The minimum atomic E-state index is -4.36. The average Bonchev–Trinajstić information content (AvgIpc) is 2.81. The second-order valence-electron chi connectivity index (χ2n) is 4.93. The zero-order valence-electron chi connectivity index (χ0n) is 10.6. The number of fused-ring (bicyclic) bond motifs is 1. The van der Waals surface area contributed by atoms with Crippen LogP contribution in [0.1, 0.15) is 17.8 Å². The van der Waals surface area contributed by atoms with Crippen molar-refractivity contribution >= 4 is 0 Å². The van der Waals surface area contributed by atoms with Gasteiger partial charge in [-0.2, -0.15) is 13.2 Å². The molecule has 1 aromatic carbocycles. The molecule has 0 bridgehead atoms. The summed E-state index contributed by atoms with van der Waals surface area (Å²) in [5.74, 6) is 1.22. The van der Waals surface area contributed by atoms with Crippen molar-refractivity contribution in [3.05, 3.63) is 35.7 Å². The van der Waals surface area contributed by atoms with Crippen LogP contribution in [0.4, 0.5) is 13.2 Å². The van der Waals surface area contributed by atoms with Gasteiger partial charge in [-0.15, -0.1) is 10.2 Å². The number of nitrogens with zero attached hydrogens (tertiary/aromatic N) is 3. The summed E-state index contributed by atoms with van der Waals surface area (Å²) < 4.78 is 40.1. The van der Waals surface area contributed by atoms with E-state index >= 15 is 0 Å². The van der Waals surface area contributed by atoms with Crippen molar-refractivity contribution in [1.82, 2.24) is 14.8 Å². The van der Waals surface area contributed by atoms with Crippen molar-refractivity contribution in [3.8, 4) is 11.4 Å². The first-order chi connectivity index (χ1) is 9.45. The number of nitrogens with two attached hydrogens (primary N) is 1. The molecule has 0 spiro atoms. The Kier molecular flexibility index (Phi) is 3.01. The molecule has 1 aromatic heterocycles. The first-order valence-electron chi connectivity index (χ1n) is 6.30. The Morgan fingerprint density at radius 1 is 1.25 bits per heavy atom. The molecule has 0 aliphatic carbocycles. The Bertz CT molecular complexity index is 633. The molecule has 0 saturated carbocycles. The third-order valence-corrected chi connectivity index (χ3v) is 3.43. The fourth-order valence-corrected chi connectivity index (χ4v) is 2.40. The number of aryl methyl sites for hydroxylation is 1. The lowest BCUT2D eigenvalue weighted by molar-refractivity contribution is -0.137. The Morgan fingerprint density at radius 2 is 2.05 bits per heavy atom. The maximum Gasteiger partial charge on any atom is 0.416 e. The monoisotopic (exact) mass is 282 g/mol. The van der Waals surface area contributed by atoms with E-state index < -0.39 is 11.7 Å². The molecule has 3 rings (SSSR count). The third-order valence-electron chi connectivity index (χ3n) is 3.43.